The second-order valence-electron chi connectivity index (χ2n) is 6.26. The fraction of sp³-hybridized carbons (Fsp3) is 0.421. The highest BCUT2D eigenvalue weighted by molar-refractivity contribution is 5.81. The molecule has 1 heterocycles. The minimum Gasteiger partial charge on any atom is -0.456 e. The number of ether oxygens (including phenoxy) is 3. The molecule has 13 heteroatoms. The number of rotatable bonds is 13. The second-order valence-corrected chi connectivity index (χ2v) is 6.26. The van der Waals surface area contributed by atoms with Gasteiger partial charge in [0.2, 0.25) is 0 Å². The third kappa shape index (κ3) is 9.28. The molecule has 1 amide bonds. The molecule has 3 N–H and O–H groups in total. The van der Waals surface area contributed by atoms with E-state index in [0.29, 0.717) is 0 Å². The van der Waals surface area contributed by atoms with Crippen molar-refractivity contribution in [2.45, 2.75) is 26.0 Å². The number of amides is 1. The Hall–Kier alpha value is -3.23. The van der Waals surface area contributed by atoms with Crippen LogP contribution in [0.25, 0.3) is 0 Å². The van der Waals surface area contributed by atoms with Crippen molar-refractivity contribution in [3.05, 3.63) is 58.0 Å². The molecule has 0 spiro atoms. The smallest absolute Gasteiger partial charge is 0.456 e. The normalized spacial score (nSPS) is 11.9. The van der Waals surface area contributed by atoms with Crippen molar-refractivity contribution in [3.63, 3.8) is 0 Å². The third-order valence-electron chi connectivity index (χ3n) is 3.94. The van der Waals surface area contributed by atoms with Crippen molar-refractivity contribution in [2.75, 3.05) is 26.4 Å². The molecule has 0 aliphatic rings. The van der Waals surface area contributed by atoms with E-state index in [4.69, 9.17) is 33.5 Å². The van der Waals surface area contributed by atoms with Crippen molar-refractivity contribution in [3.8, 4) is 0 Å². The molecule has 0 saturated heterocycles. The summed E-state index contributed by atoms with van der Waals surface area (Å²) in [5.74, 6) is -1.42. The molecule has 1 aromatic carbocycles. The van der Waals surface area contributed by atoms with Crippen LogP contribution in [0, 0.1) is 6.92 Å². The molecule has 2 rings (SSSR count). The zero-order valence-corrected chi connectivity index (χ0v) is 17.2. The Bertz CT molecular complexity index is 894. The van der Waals surface area contributed by atoms with Gasteiger partial charge in [0.1, 0.15) is 12.6 Å². The van der Waals surface area contributed by atoms with Crippen molar-refractivity contribution < 1.29 is 47.9 Å². The SMILES string of the molecule is Cc1oc(=O)oc1COC(=O)C(Cc1ccccc1)NC(=O)OCCOCCON(O)O. The zero-order valence-electron chi connectivity index (χ0n) is 17.2. The van der Waals surface area contributed by atoms with Crippen molar-refractivity contribution in [1.29, 1.82) is 0 Å². The van der Waals surface area contributed by atoms with Crippen LogP contribution in [-0.4, -0.2) is 60.3 Å². The van der Waals surface area contributed by atoms with E-state index >= 15 is 0 Å². The lowest BCUT2D eigenvalue weighted by Crippen LogP contribution is -2.43. The first-order valence-corrected chi connectivity index (χ1v) is 9.47. The summed E-state index contributed by atoms with van der Waals surface area (Å²) in [7, 11) is 0. The van der Waals surface area contributed by atoms with E-state index in [2.05, 4.69) is 10.2 Å². The summed E-state index contributed by atoms with van der Waals surface area (Å²) in [4.78, 5) is 40.0. The van der Waals surface area contributed by atoms with Crippen molar-refractivity contribution in [2.24, 2.45) is 0 Å². The largest absolute Gasteiger partial charge is 0.519 e. The zero-order chi connectivity index (χ0) is 23.3. The van der Waals surface area contributed by atoms with E-state index in [1.807, 2.05) is 6.07 Å². The fourth-order valence-corrected chi connectivity index (χ4v) is 2.44. The number of nitrogens with one attached hydrogen (secondary N) is 1. The van der Waals surface area contributed by atoms with E-state index in [-0.39, 0.29) is 51.0 Å². The van der Waals surface area contributed by atoms with Gasteiger partial charge in [0, 0.05) is 6.42 Å². The van der Waals surface area contributed by atoms with Gasteiger partial charge in [-0.2, -0.15) is 0 Å². The standard InChI is InChI=1S/C19H24N2O11/c1-13-16(32-19(24)31-13)12-29-17(22)15(11-14-5-3-2-4-6-14)20-18(23)28-9-7-27-8-10-30-21(25)26/h2-6,15,25-26H,7-12H2,1H3,(H,20,23). The second kappa shape index (κ2) is 13.2. The highest BCUT2D eigenvalue weighted by Crippen LogP contribution is 2.09. The highest BCUT2D eigenvalue weighted by Gasteiger charge is 2.24. The summed E-state index contributed by atoms with van der Waals surface area (Å²) < 4.78 is 24.7. The Morgan fingerprint density at radius 2 is 1.78 bits per heavy atom. The molecule has 0 aliphatic heterocycles. The Kier molecular flexibility index (Phi) is 10.4. The van der Waals surface area contributed by atoms with E-state index in [1.165, 1.54) is 6.92 Å². The predicted octanol–water partition coefficient (Wildman–Crippen LogP) is 0.951. The molecule has 1 atom stereocenters. The fourth-order valence-electron chi connectivity index (χ4n) is 2.44. The van der Waals surface area contributed by atoms with E-state index in [0.717, 1.165) is 5.56 Å². The van der Waals surface area contributed by atoms with Gasteiger partial charge in [-0.1, -0.05) is 30.3 Å². The number of aryl methyl sites for hydroxylation is 1. The van der Waals surface area contributed by atoms with E-state index < -0.39 is 29.3 Å². The Morgan fingerprint density at radius 1 is 1.06 bits per heavy atom. The predicted molar refractivity (Wildman–Crippen MR) is 102 cm³/mol. The highest BCUT2D eigenvalue weighted by atomic mass is 17.1. The van der Waals surface area contributed by atoms with Gasteiger partial charge in [0.15, 0.2) is 18.1 Å². The molecule has 2 aromatic rings. The van der Waals surface area contributed by atoms with Crippen molar-refractivity contribution >= 4 is 12.1 Å². The lowest BCUT2D eigenvalue weighted by atomic mass is 10.1. The number of hydrogen-bond donors (Lipinski definition) is 3. The van der Waals surface area contributed by atoms with Crippen LogP contribution in [-0.2, 0) is 36.9 Å². The minimum atomic E-state index is -1.07. The summed E-state index contributed by atoms with van der Waals surface area (Å²) in [5.41, 5.74) is 0.769. The van der Waals surface area contributed by atoms with E-state index in [9.17, 15) is 14.4 Å². The molecule has 1 unspecified atom stereocenters. The Balaban J connectivity index is 1.84. The van der Waals surface area contributed by atoms with Gasteiger partial charge in [-0.3, -0.25) is 10.4 Å². The molecule has 0 radical (unpaired) electrons. The number of esters is 1. The van der Waals surface area contributed by atoms with Gasteiger partial charge in [-0.15, -0.1) is 0 Å². The first kappa shape index (κ1) is 25.0. The number of nitrogens with zero attached hydrogens (tertiary/aromatic N) is 1. The Morgan fingerprint density at radius 3 is 2.44 bits per heavy atom. The third-order valence-corrected chi connectivity index (χ3v) is 3.94. The van der Waals surface area contributed by atoms with Crippen LogP contribution >= 0.6 is 0 Å². The van der Waals surface area contributed by atoms with Crippen LogP contribution in [0.3, 0.4) is 0 Å². The van der Waals surface area contributed by atoms with Crippen LogP contribution in [0.15, 0.2) is 44.0 Å². The lowest BCUT2D eigenvalue weighted by Gasteiger charge is -2.17. The number of carbonyl (C=O) groups is 2. The maximum atomic E-state index is 12.6. The number of hydrogen-bond acceptors (Lipinski definition) is 12. The van der Waals surface area contributed by atoms with Crippen LogP contribution in [0.1, 0.15) is 17.1 Å². The minimum absolute atomic E-state index is 0.0141. The molecule has 0 saturated carbocycles. The maximum absolute atomic E-state index is 12.6. The van der Waals surface area contributed by atoms with Gasteiger partial charge in [0.05, 0.1) is 25.2 Å². The number of benzene rings is 1. The molecular formula is C19H24N2O11. The average molecular weight is 456 g/mol. The van der Waals surface area contributed by atoms with Gasteiger partial charge in [0.25, 0.3) is 0 Å². The van der Waals surface area contributed by atoms with Crippen LogP contribution < -0.4 is 11.1 Å². The number of carbonyl (C=O) groups excluding carboxylic acids is 2. The molecular weight excluding hydrogens is 432 g/mol. The molecule has 0 aliphatic carbocycles. The molecule has 32 heavy (non-hydrogen) atoms. The first-order valence-electron chi connectivity index (χ1n) is 9.47. The average Bonchev–Trinajstić information content (AvgIpc) is 3.08. The molecule has 0 fully saturated rings. The molecule has 0 bridgehead atoms. The van der Waals surface area contributed by atoms with Gasteiger partial charge < -0.3 is 28.4 Å². The van der Waals surface area contributed by atoms with Crippen molar-refractivity contribution in [1.82, 2.24) is 10.7 Å². The first-order chi connectivity index (χ1) is 15.3. The summed E-state index contributed by atoms with van der Waals surface area (Å²) in [6.07, 6.45) is -0.735. The van der Waals surface area contributed by atoms with Crippen LogP contribution in [0.4, 0.5) is 4.79 Å². The summed E-state index contributed by atoms with van der Waals surface area (Å²) in [6, 6.07) is 7.87. The number of alkyl carbamates (subject to hydrolysis) is 1. The quantitative estimate of drug-likeness (QED) is 0.222. The molecule has 1 aromatic heterocycles. The van der Waals surface area contributed by atoms with Crippen LogP contribution in [0.2, 0.25) is 0 Å². The van der Waals surface area contributed by atoms with Gasteiger partial charge in [-0.05, 0) is 12.5 Å². The Labute approximate surface area is 181 Å². The summed E-state index contributed by atoms with van der Waals surface area (Å²) in [5, 5.41) is 18.7. The monoisotopic (exact) mass is 456 g/mol. The van der Waals surface area contributed by atoms with E-state index in [1.54, 1.807) is 24.3 Å². The van der Waals surface area contributed by atoms with Gasteiger partial charge in [-0.25, -0.2) is 19.2 Å². The van der Waals surface area contributed by atoms with Crippen LogP contribution in [0.5, 0.6) is 0 Å². The molecule has 13 nitrogen and oxygen atoms in total. The lowest BCUT2D eigenvalue weighted by molar-refractivity contribution is -0.493. The maximum Gasteiger partial charge on any atom is 0.519 e. The van der Waals surface area contributed by atoms with Gasteiger partial charge >= 0.3 is 17.9 Å². The summed E-state index contributed by atoms with van der Waals surface area (Å²) >= 11 is 0. The topological polar surface area (TPSA) is 170 Å². The summed E-state index contributed by atoms with van der Waals surface area (Å²) in [6.45, 7) is 0.937. The molecule has 176 valence electrons.